The summed E-state index contributed by atoms with van der Waals surface area (Å²) in [5.41, 5.74) is 1.49. The summed E-state index contributed by atoms with van der Waals surface area (Å²) in [6.07, 6.45) is 1.73. The third-order valence-electron chi connectivity index (χ3n) is 3.99. The van der Waals surface area contributed by atoms with Crippen LogP contribution < -0.4 is 4.74 Å². The van der Waals surface area contributed by atoms with E-state index >= 15 is 0 Å². The molecule has 1 N–H and O–H groups in total. The summed E-state index contributed by atoms with van der Waals surface area (Å²) < 4.78 is 20.1. The number of rotatable bonds is 5. The minimum atomic E-state index is -0.326. The molecule has 0 bridgehead atoms. The molecule has 1 fully saturated rings. The molecule has 0 atom stereocenters. The van der Waals surface area contributed by atoms with Crippen molar-refractivity contribution in [2.45, 2.75) is 24.9 Å². The van der Waals surface area contributed by atoms with Gasteiger partial charge >= 0.3 is 0 Å². The first-order chi connectivity index (χ1) is 10.1. The number of benzene rings is 2. The topological polar surface area (TPSA) is 29.5 Å². The molecule has 0 unspecified atom stereocenters. The molecular weight excluding hydrogens is 335 g/mol. The summed E-state index contributed by atoms with van der Waals surface area (Å²) in [4.78, 5) is 0. The summed E-state index contributed by atoms with van der Waals surface area (Å²) in [6, 6.07) is 13.0. The van der Waals surface area contributed by atoms with Gasteiger partial charge in [-0.1, -0.05) is 30.3 Å². The van der Waals surface area contributed by atoms with Gasteiger partial charge < -0.3 is 9.84 Å². The van der Waals surface area contributed by atoms with Gasteiger partial charge in [-0.3, -0.25) is 0 Å². The van der Waals surface area contributed by atoms with E-state index in [1.807, 2.05) is 30.3 Å². The van der Waals surface area contributed by atoms with E-state index in [0.717, 1.165) is 24.0 Å². The number of hydrogen-bond acceptors (Lipinski definition) is 2. The van der Waals surface area contributed by atoms with Crippen LogP contribution in [0.5, 0.6) is 5.75 Å². The van der Waals surface area contributed by atoms with Crippen molar-refractivity contribution in [1.82, 2.24) is 0 Å². The van der Waals surface area contributed by atoms with Crippen molar-refractivity contribution in [2.24, 2.45) is 0 Å². The third kappa shape index (κ3) is 2.97. The zero-order valence-electron chi connectivity index (χ0n) is 11.5. The van der Waals surface area contributed by atoms with Gasteiger partial charge in [0.2, 0.25) is 0 Å². The molecular formula is C17H16BrFO2. The molecule has 0 aromatic heterocycles. The van der Waals surface area contributed by atoms with E-state index in [9.17, 15) is 9.50 Å². The van der Waals surface area contributed by atoms with Gasteiger partial charge in [0.05, 0.1) is 11.1 Å². The van der Waals surface area contributed by atoms with Crippen LogP contribution in [0, 0.1) is 5.82 Å². The highest BCUT2D eigenvalue weighted by Gasteiger charge is 2.46. The summed E-state index contributed by atoms with van der Waals surface area (Å²) in [6.45, 7) is 0.448. The Hall–Kier alpha value is -1.39. The minimum absolute atomic E-state index is 0.0236. The Morgan fingerprint density at radius 3 is 2.52 bits per heavy atom. The van der Waals surface area contributed by atoms with Gasteiger partial charge in [-0.05, 0) is 46.5 Å². The van der Waals surface area contributed by atoms with E-state index in [4.69, 9.17) is 4.74 Å². The maximum Gasteiger partial charge on any atom is 0.137 e. The molecule has 0 amide bonds. The first-order valence-electron chi connectivity index (χ1n) is 6.92. The van der Waals surface area contributed by atoms with Crippen LogP contribution in [0.1, 0.15) is 24.0 Å². The zero-order valence-corrected chi connectivity index (χ0v) is 13.1. The minimum Gasteiger partial charge on any atom is -0.489 e. The molecule has 0 saturated heterocycles. The Kier molecular flexibility index (Phi) is 4.00. The number of hydrogen-bond donors (Lipinski definition) is 1. The van der Waals surface area contributed by atoms with Crippen molar-refractivity contribution in [3.63, 3.8) is 0 Å². The molecule has 4 heteroatoms. The summed E-state index contributed by atoms with van der Waals surface area (Å²) in [5, 5.41) is 9.59. The molecule has 1 aliphatic rings. The first-order valence-corrected chi connectivity index (χ1v) is 7.71. The van der Waals surface area contributed by atoms with Crippen molar-refractivity contribution in [3.05, 3.63) is 63.9 Å². The Balaban J connectivity index is 1.88. The molecule has 2 aromatic carbocycles. The highest BCUT2D eigenvalue weighted by molar-refractivity contribution is 9.10. The molecule has 0 heterocycles. The second-order valence-corrected chi connectivity index (χ2v) is 6.33. The maximum atomic E-state index is 13.8. The monoisotopic (exact) mass is 350 g/mol. The number of aliphatic hydroxyl groups excluding tert-OH is 1. The SMILES string of the molecule is OCC1(c2cc(F)c(Br)cc2OCc2ccccc2)CC1. The lowest BCUT2D eigenvalue weighted by atomic mass is 9.96. The Morgan fingerprint density at radius 1 is 1.19 bits per heavy atom. The Bertz CT molecular complexity index is 639. The van der Waals surface area contributed by atoms with Crippen LogP contribution in [0.15, 0.2) is 46.9 Å². The largest absolute Gasteiger partial charge is 0.489 e. The number of halogens is 2. The van der Waals surface area contributed by atoms with Gasteiger partial charge in [0, 0.05) is 11.0 Å². The van der Waals surface area contributed by atoms with Gasteiger partial charge in [0.1, 0.15) is 18.2 Å². The van der Waals surface area contributed by atoms with Crippen molar-refractivity contribution in [1.29, 1.82) is 0 Å². The lowest BCUT2D eigenvalue weighted by Gasteiger charge is -2.18. The van der Waals surface area contributed by atoms with E-state index < -0.39 is 0 Å². The van der Waals surface area contributed by atoms with E-state index in [1.165, 1.54) is 6.07 Å². The van der Waals surface area contributed by atoms with Crippen LogP contribution >= 0.6 is 15.9 Å². The predicted octanol–water partition coefficient (Wildman–Crippen LogP) is 4.19. The lowest BCUT2D eigenvalue weighted by molar-refractivity contribution is 0.245. The van der Waals surface area contributed by atoms with E-state index in [2.05, 4.69) is 15.9 Å². The fourth-order valence-electron chi connectivity index (χ4n) is 2.46. The molecule has 0 spiro atoms. The third-order valence-corrected chi connectivity index (χ3v) is 4.59. The van der Waals surface area contributed by atoms with Crippen LogP contribution in [0.2, 0.25) is 0 Å². The van der Waals surface area contributed by atoms with Crippen LogP contribution in [0.4, 0.5) is 4.39 Å². The summed E-state index contributed by atoms with van der Waals surface area (Å²) in [5.74, 6) is 0.315. The van der Waals surface area contributed by atoms with Crippen molar-refractivity contribution in [3.8, 4) is 5.75 Å². The fourth-order valence-corrected chi connectivity index (χ4v) is 2.78. The second kappa shape index (κ2) is 5.78. The average molecular weight is 351 g/mol. The van der Waals surface area contributed by atoms with Crippen LogP contribution in [-0.4, -0.2) is 11.7 Å². The average Bonchev–Trinajstić information content (AvgIpc) is 3.30. The standard InChI is InChI=1S/C17H16BrFO2/c18-14-9-16(21-10-12-4-2-1-3-5-12)13(8-15(14)19)17(11-20)6-7-17/h1-5,8-9,20H,6-7,10-11H2. The van der Waals surface area contributed by atoms with Crippen LogP contribution in [0.25, 0.3) is 0 Å². The zero-order chi connectivity index (χ0) is 14.9. The van der Waals surface area contributed by atoms with E-state index in [1.54, 1.807) is 6.07 Å². The van der Waals surface area contributed by atoms with E-state index in [0.29, 0.717) is 16.8 Å². The fraction of sp³-hybridized carbons (Fsp3) is 0.294. The van der Waals surface area contributed by atoms with Crippen molar-refractivity contribution in [2.75, 3.05) is 6.61 Å². The summed E-state index contributed by atoms with van der Waals surface area (Å²) in [7, 11) is 0. The Morgan fingerprint density at radius 2 is 1.90 bits per heavy atom. The van der Waals surface area contributed by atoms with Gasteiger partial charge in [-0.25, -0.2) is 4.39 Å². The highest BCUT2D eigenvalue weighted by atomic mass is 79.9. The first kappa shape index (κ1) is 14.5. The van der Waals surface area contributed by atoms with Gasteiger partial charge in [0.15, 0.2) is 0 Å². The predicted molar refractivity (Wildman–Crippen MR) is 82.9 cm³/mol. The smallest absolute Gasteiger partial charge is 0.137 e. The molecule has 1 saturated carbocycles. The van der Waals surface area contributed by atoms with Crippen molar-refractivity contribution >= 4 is 15.9 Å². The molecule has 0 aliphatic heterocycles. The molecule has 110 valence electrons. The quantitative estimate of drug-likeness (QED) is 0.875. The number of aliphatic hydroxyl groups is 1. The lowest BCUT2D eigenvalue weighted by Crippen LogP contribution is -2.14. The van der Waals surface area contributed by atoms with Gasteiger partial charge in [0.25, 0.3) is 0 Å². The molecule has 21 heavy (non-hydrogen) atoms. The number of ether oxygens (including phenoxy) is 1. The van der Waals surface area contributed by atoms with Crippen LogP contribution in [0.3, 0.4) is 0 Å². The Labute approximate surface area is 131 Å². The molecule has 3 rings (SSSR count). The van der Waals surface area contributed by atoms with Gasteiger partial charge in [-0.15, -0.1) is 0 Å². The second-order valence-electron chi connectivity index (χ2n) is 5.48. The molecule has 2 aromatic rings. The molecule has 0 radical (unpaired) electrons. The molecule has 1 aliphatic carbocycles. The summed E-state index contributed by atoms with van der Waals surface area (Å²) >= 11 is 3.20. The normalized spacial score (nSPS) is 15.8. The van der Waals surface area contributed by atoms with Crippen LogP contribution in [-0.2, 0) is 12.0 Å². The van der Waals surface area contributed by atoms with Gasteiger partial charge in [-0.2, -0.15) is 0 Å². The highest BCUT2D eigenvalue weighted by Crippen LogP contribution is 2.51. The molecule has 2 nitrogen and oxygen atoms in total. The maximum absolute atomic E-state index is 13.8. The van der Waals surface area contributed by atoms with Crippen molar-refractivity contribution < 1.29 is 14.2 Å². The van der Waals surface area contributed by atoms with E-state index in [-0.39, 0.29) is 17.8 Å².